The van der Waals surface area contributed by atoms with E-state index < -0.39 is 0 Å². The molecule has 1 unspecified atom stereocenters. The molecule has 1 saturated heterocycles. The Labute approximate surface area is 193 Å². The second kappa shape index (κ2) is 10.1. The molecule has 164 valence electrons. The first-order valence-electron chi connectivity index (χ1n) is 11.1. The Balaban J connectivity index is 1.26. The molecule has 2 aromatic rings. The molecule has 1 saturated carbocycles. The van der Waals surface area contributed by atoms with Crippen LogP contribution in [0.3, 0.4) is 0 Å². The highest BCUT2D eigenvalue weighted by atomic mass is 35.5. The fourth-order valence-corrected chi connectivity index (χ4v) is 5.50. The number of likely N-dealkylation sites (tertiary alicyclic amines) is 1. The number of benzene rings is 2. The zero-order valence-corrected chi connectivity index (χ0v) is 19.0. The Morgan fingerprint density at radius 1 is 0.935 bits per heavy atom. The van der Waals surface area contributed by atoms with Crippen LogP contribution in [0.1, 0.15) is 44.1 Å². The minimum Gasteiger partial charge on any atom is -0.339 e. The number of anilines is 1. The lowest BCUT2D eigenvalue weighted by atomic mass is 9.83. The summed E-state index contributed by atoms with van der Waals surface area (Å²) in [6.07, 6.45) is 5.89. The van der Waals surface area contributed by atoms with Gasteiger partial charge in [-0.05, 0) is 74.3 Å². The Morgan fingerprint density at radius 2 is 1.61 bits per heavy atom. The average molecular weight is 459 g/mol. The molecule has 4 nitrogen and oxygen atoms in total. The summed E-state index contributed by atoms with van der Waals surface area (Å²) < 4.78 is 0. The van der Waals surface area contributed by atoms with E-state index in [9.17, 15) is 9.59 Å². The van der Waals surface area contributed by atoms with Crippen molar-refractivity contribution in [3.05, 3.63) is 64.1 Å². The number of para-hydroxylation sites is 1. The third kappa shape index (κ3) is 5.42. The lowest BCUT2D eigenvalue weighted by molar-refractivity contribution is -0.133. The summed E-state index contributed by atoms with van der Waals surface area (Å²) in [6.45, 7) is 0.801. The van der Waals surface area contributed by atoms with Gasteiger partial charge in [0.1, 0.15) is 0 Å². The minimum absolute atomic E-state index is 0.0493. The van der Waals surface area contributed by atoms with Crippen LogP contribution in [0.15, 0.2) is 48.5 Å². The first-order valence-corrected chi connectivity index (χ1v) is 11.8. The van der Waals surface area contributed by atoms with Gasteiger partial charge >= 0.3 is 0 Å². The molecule has 2 aromatic carbocycles. The fourth-order valence-electron chi connectivity index (χ4n) is 4.95. The number of nitrogens with zero attached hydrogens (tertiary/aromatic N) is 1. The van der Waals surface area contributed by atoms with Crippen molar-refractivity contribution in [1.82, 2.24) is 4.90 Å². The Morgan fingerprint density at radius 3 is 2.29 bits per heavy atom. The third-order valence-electron chi connectivity index (χ3n) is 6.65. The highest BCUT2D eigenvalue weighted by molar-refractivity contribution is 6.36. The zero-order valence-electron chi connectivity index (χ0n) is 17.5. The molecule has 1 aliphatic heterocycles. The van der Waals surface area contributed by atoms with Crippen LogP contribution in [0, 0.1) is 11.8 Å². The molecule has 0 bridgehead atoms. The van der Waals surface area contributed by atoms with Gasteiger partial charge in [0.2, 0.25) is 11.8 Å². The molecule has 1 N–H and O–H groups in total. The second-order valence-electron chi connectivity index (χ2n) is 8.71. The summed E-state index contributed by atoms with van der Waals surface area (Å²) in [5, 5.41) is 4.24. The van der Waals surface area contributed by atoms with Gasteiger partial charge in [0.15, 0.2) is 0 Å². The molecule has 2 fully saturated rings. The number of rotatable bonds is 6. The van der Waals surface area contributed by atoms with Gasteiger partial charge in [-0.15, -0.1) is 0 Å². The van der Waals surface area contributed by atoms with Crippen LogP contribution in [-0.2, 0) is 16.0 Å². The lowest BCUT2D eigenvalue weighted by Crippen LogP contribution is -2.40. The quantitative estimate of drug-likeness (QED) is 0.579. The maximum Gasteiger partial charge on any atom is 0.226 e. The van der Waals surface area contributed by atoms with Gasteiger partial charge in [-0.1, -0.05) is 47.5 Å². The number of hydrogen-bond acceptors (Lipinski definition) is 2. The van der Waals surface area contributed by atoms with Crippen LogP contribution >= 0.6 is 23.2 Å². The van der Waals surface area contributed by atoms with Crippen molar-refractivity contribution in [2.45, 2.75) is 51.0 Å². The van der Waals surface area contributed by atoms with Crippen molar-refractivity contribution in [2.24, 2.45) is 11.8 Å². The lowest BCUT2D eigenvalue weighted by Gasteiger charge is -2.34. The smallest absolute Gasteiger partial charge is 0.226 e. The number of hydrogen-bond donors (Lipinski definition) is 1. The Bertz CT molecular complexity index is 906. The van der Waals surface area contributed by atoms with E-state index in [0.29, 0.717) is 28.8 Å². The molecule has 4 rings (SSSR count). The van der Waals surface area contributed by atoms with Crippen molar-refractivity contribution < 1.29 is 9.59 Å². The number of carbonyl (C=O) groups excluding carboxylic acids is 2. The second-order valence-corrected chi connectivity index (χ2v) is 9.53. The number of carbonyl (C=O) groups is 2. The normalized spacial score (nSPS) is 23.7. The molecular formula is C25H28Cl2N2O2. The molecule has 2 amide bonds. The van der Waals surface area contributed by atoms with Gasteiger partial charge in [-0.25, -0.2) is 0 Å². The van der Waals surface area contributed by atoms with Gasteiger partial charge in [-0.2, -0.15) is 0 Å². The summed E-state index contributed by atoms with van der Waals surface area (Å²) in [5.41, 5.74) is 1.72. The SMILES string of the molecule is O=C(CC1CCC(N2CCC(Cc3c(Cl)cccc3Cl)C2=O)CC1)Nc1ccccc1. The van der Waals surface area contributed by atoms with Crippen LogP contribution in [0.4, 0.5) is 5.69 Å². The first kappa shape index (κ1) is 22.2. The number of halogens is 2. The van der Waals surface area contributed by atoms with Gasteiger partial charge in [-0.3, -0.25) is 9.59 Å². The van der Waals surface area contributed by atoms with Gasteiger partial charge in [0, 0.05) is 40.7 Å². The molecule has 0 radical (unpaired) electrons. The van der Waals surface area contributed by atoms with E-state index in [0.717, 1.165) is 49.9 Å². The molecule has 0 aromatic heterocycles. The molecule has 2 aliphatic rings. The zero-order chi connectivity index (χ0) is 21.8. The van der Waals surface area contributed by atoms with Gasteiger partial charge in [0.25, 0.3) is 0 Å². The predicted molar refractivity (Wildman–Crippen MR) is 125 cm³/mol. The fraction of sp³-hybridized carbons (Fsp3) is 0.440. The maximum absolute atomic E-state index is 13.1. The van der Waals surface area contributed by atoms with Crippen molar-refractivity contribution in [1.29, 1.82) is 0 Å². The van der Waals surface area contributed by atoms with Crippen LogP contribution < -0.4 is 5.32 Å². The molecule has 31 heavy (non-hydrogen) atoms. The Kier molecular flexibility index (Phi) is 7.19. The molecule has 1 atom stereocenters. The average Bonchev–Trinajstić information content (AvgIpc) is 3.12. The highest BCUT2D eigenvalue weighted by Crippen LogP contribution is 2.35. The molecule has 0 spiro atoms. The number of nitrogens with one attached hydrogen (secondary N) is 1. The first-order chi connectivity index (χ1) is 15.0. The third-order valence-corrected chi connectivity index (χ3v) is 7.36. The van der Waals surface area contributed by atoms with E-state index in [1.165, 1.54) is 0 Å². The Hall–Kier alpha value is -2.04. The van der Waals surface area contributed by atoms with Crippen LogP contribution in [0.5, 0.6) is 0 Å². The van der Waals surface area contributed by atoms with E-state index in [4.69, 9.17) is 23.2 Å². The summed E-state index contributed by atoms with van der Waals surface area (Å²) in [5.74, 6) is 0.631. The summed E-state index contributed by atoms with van der Waals surface area (Å²) in [6, 6.07) is 15.3. The topological polar surface area (TPSA) is 49.4 Å². The maximum atomic E-state index is 13.1. The van der Waals surface area contributed by atoms with Crippen molar-refractivity contribution in [2.75, 3.05) is 11.9 Å². The van der Waals surface area contributed by atoms with E-state index in [1.54, 1.807) is 0 Å². The monoisotopic (exact) mass is 458 g/mol. The molecule has 1 heterocycles. The highest BCUT2D eigenvalue weighted by Gasteiger charge is 2.38. The number of amides is 2. The summed E-state index contributed by atoms with van der Waals surface area (Å²) in [4.78, 5) is 27.5. The van der Waals surface area contributed by atoms with Crippen molar-refractivity contribution >= 4 is 40.7 Å². The molecule has 1 aliphatic carbocycles. The van der Waals surface area contributed by atoms with Crippen LogP contribution in [-0.4, -0.2) is 29.3 Å². The molecule has 6 heteroatoms. The largest absolute Gasteiger partial charge is 0.339 e. The van der Waals surface area contributed by atoms with E-state index in [2.05, 4.69) is 10.2 Å². The standard InChI is InChI=1S/C25H28Cl2N2O2/c26-22-7-4-8-23(27)21(22)16-18-13-14-29(25(18)31)20-11-9-17(10-12-20)15-24(30)28-19-5-2-1-3-6-19/h1-8,17-18,20H,9-16H2,(H,28,30). The van der Waals surface area contributed by atoms with Crippen molar-refractivity contribution in [3.8, 4) is 0 Å². The van der Waals surface area contributed by atoms with E-state index in [-0.39, 0.29) is 23.8 Å². The van der Waals surface area contributed by atoms with E-state index >= 15 is 0 Å². The summed E-state index contributed by atoms with van der Waals surface area (Å²) in [7, 11) is 0. The van der Waals surface area contributed by atoms with Gasteiger partial charge < -0.3 is 10.2 Å². The van der Waals surface area contributed by atoms with E-state index in [1.807, 2.05) is 48.5 Å². The molecular weight excluding hydrogens is 431 g/mol. The van der Waals surface area contributed by atoms with Crippen LogP contribution in [0.2, 0.25) is 10.0 Å². The summed E-state index contributed by atoms with van der Waals surface area (Å²) >= 11 is 12.6. The minimum atomic E-state index is -0.0493. The van der Waals surface area contributed by atoms with Gasteiger partial charge in [0.05, 0.1) is 0 Å². The van der Waals surface area contributed by atoms with Crippen molar-refractivity contribution in [3.63, 3.8) is 0 Å². The van der Waals surface area contributed by atoms with Crippen LogP contribution in [0.25, 0.3) is 0 Å². The predicted octanol–water partition coefficient (Wildman–Crippen LogP) is 5.97.